The number of urea groups is 1. The molecule has 2 aromatic carbocycles. The normalized spacial score (nSPS) is 17.5. The summed E-state index contributed by atoms with van der Waals surface area (Å²) in [4.78, 5) is 25.9. The van der Waals surface area contributed by atoms with E-state index in [1.807, 2.05) is 32.0 Å². The summed E-state index contributed by atoms with van der Waals surface area (Å²) in [5, 5.41) is 6.37. The van der Waals surface area contributed by atoms with Gasteiger partial charge in [-0.15, -0.1) is 0 Å². The average Bonchev–Trinajstić information content (AvgIpc) is 3.54. The number of amides is 2. The van der Waals surface area contributed by atoms with Crippen LogP contribution in [-0.4, -0.2) is 65.6 Å². The Labute approximate surface area is 253 Å². The lowest BCUT2D eigenvalue weighted by molar-refractivity contribution is -0.0728. The molecule has 1 aromatic heterocycles. The van der Waals surface area contributed by atoms with Crippen molar-refractivity contribution in [2.75, 3.05) is 36.4 Å². The predicted molar refractivity (Wildman–Crippen MR) is 166 cm³/mol. The average molecular weight is 585 g/mol. The second-order valence-electron chi connectivity index (χ2n) is 11.7. The number of benzene rings is 2. The Morgan fingerprint density at radius 1 is 1.05 bits per heavy atom. The minimum absolute atomic E-state index is 0.0570. The first-order chi connectivity index (χ1) is 20.9. The molecule has 10 heteroatoms. The van der Waals surface area contributed by atoms with Crippen molar-refractivity contribution in [2.24, 2.45) is 5.92 Å². The van der Waals surface area contributed by atoms with Crippen molar-refractivity contribution in [2.45, 2.75) is 58.7 Å². The number of nitrogens with zero attached hydrogens (tertiary/aromatic N) is 4. The van der Waals surface area contributed by atoms with Crippen LogP contribution in [0.25, 0.3) is 11.3 Å². The molecule has 226 valence electrons. The fourth-order valence-corrected chi connectivity index (χ4v) is 5.78. The van der Waals surface area contributed by atoms with E-state index in [2.05, 4.69) is 57.8 Å². The van der Waals surface area contributed by atoms with Gasteiger partial charge in [-0.25, -0.2) is 14.8 Å². The fourth-order valence-electron chi connectivity index (χ4n) is 5.78. The van der Waals surface area contributed by atoms with Crippen molar-refractivity contribution in [3.63, 3.8) is 0 Å². The van der Waals surface area contributed by atoms with Crippen LogP contribution in [0.3, 0.4) is 0 Å². The molecule has 0 atom stereocenters. The van der Waals surface area contributed by atoms with Gasteiger partial charge in [0.05, 0.1) is 31.0 Å². The molecule has 0 spiro atoms. The first kappa shape index (κ1) is 28.8. The summed E-state index contributed by atoms with van der Waals surface area (Å²) in [5.41, 5.74) is 6.12. The number of piperidine rings is 1. The van der Waals surface area contributed by atoms with E-state index in [0.717, 1.165) is 54.0 Å². The number of nitrogens with one attached hydrogen (secondary N) is 2. The molecule has 0 unspecified atom stereocenters. The van der Waals surface area contributed by atoms with Crippen molar-refractivity contribution in [3.05, 3.63) is 78.4 Å². The second-order valence-corrected chi connectivity index (χ2v) is 11.7. The van der Waals surface area contributed by atoms with Crippen molar-refractivity contribution in [1.82, 2.24) is 20.2 Å². The van der Waals surface area contributed by atoms with E-state index in [9.17, 15) is 4.79 Å². The number of hydrogen-bond donors (Lipinski definition) is 2. The molecule has 2 N–H and O–H groups in total. The molecule has 43 heavy (non-hydrogen) atoms. The van der Waals surface area contributed by atoms with Gasteiger partial charge in [0.1, 0.15) is 12.5 Å². The molecule has 0 radical (unpaired) electrons. The van der Waals surface area contributed by atoms with E-state index in [1.165, 1.54) is 5.69 Å². The van der Waals surface area contributed by atoms with Crippen LogP contribution >= 0.6 is 0 Å². The Morgan fingerprint density at radius 2 is 1.79 bits per heavy atom. The Morgan fingerprint density at radius 3 is 2.49 bits per heavy atom. The molecular weight excluding hydrogens is 544 g/mol. The lowest BCUT2D eigenvalue weighted by Crippen LogP contribution is -2.58. The highest BCUT2D eigenvalue weighted by Gasteiger charge is 2.32. The highest BCUT2D eigenvalue weighted by Crippen LogP contribution is 2.30. The third-order valence-corrected chi connectivity index (χ3v) is 8.22. The SMILES string of the molecule is Cc1cc(-c2ccnc(Nc3ccc(N4CCC(C5OC=CO5)CC4)cc3)n2)ccc1CNC(=O)N1CC(OC(C)C)C1. The summed E-state index contributed by atoms with van der Waals surface area (Å²) in [5.74, 6) is 0.964. The first-order valence-corrected chi connectivity index (χ1v) is 15.1. The monoisotopic (exact) mass is 584 g/mol. The third kappa shape index (κ3) is 7.02. The Kier molecular flexibility index (Phi) is 8.64. The molecule has 0 aliphatic carbocycles. The number of rotatable bonds is 9. The van der Waals surface area contributed by atoms with E-state index in [4.69, 9.17) is 19.2 Å². The third-order valence-electron chi connectivity index (χ3n) is 8.22. The molecule has 10 nitrogen and oxygen atoms in total. The van der Waals surface area contributed by atoms with Crippen LogP contribution in [-0.2, 0) is 20.8 Å². The molecule has 2 fully saturated rings. The molecular formula is C33H40N6O4. The molecule has 6 rings (SSSR count). The Hall–Kier alpha value is -4.31. The molecule has 3 aromatic rings. The van der Waals surface area contributed by atoms with Crippen molar-refractivity contribution in [3.8, 4) is 11.3 Å². The maximum absolute atomic E-state index is 12.5. The predicted octanol–water partition coefficient (Wildman–Crippen LogP) is 5.57. The van der Waals surface area contributed by atoms with E-state index in [0.29, 0.717) is 31.5 Å². The van der Waals surface area contributed by atoms with Crippen molar-refractivity contribution in [1.29, 1.82) is 0 Å². The lowest BCUT2D eigenvalue weighted by atomic mass is 9.96. The van der Waals surface area contributed by atoms with Gasteiger partial charge in [0.2, 0.25) is 12.2 Å². The van der Waals surface area contributed by atoms with Crippen LogP contribution in [0.15, 0.2) is 67.3 Å². The summed E-state index contributed by atoms with van der Waals surface area (Å²) in [6, 6.07) is 16.4. The lowest BCUT2D eigenvalue weighted by Gasteiger charge is -2.39. The molecule has 3 aliphatic rings. The van der Waals surface area contributed by atoms with E-state index in [1.54, 1.807) is 23.6 Å². The maximum atomic E-state index is 12.5. The highest BCUT2D eigenvalue weighted by atomic mass is 16.7. The summed E-state index contributed by atoms with van der Waals surface area (Å²) in [7, 11) is 0. The maximum Gasteiger partial charge on any atom is 0.317 e. The van der Waals surface area contributed by atoms with Crippen molar-refractivity contribution < 1.29 is 19.0 Å². The number of hydrogen-bond acceptors (Lipinski definition) is 8. The molecule has 0 bridgehead atoms. The summed E-state index contributed by atoms with van der Waals surface area (Å²) >= 11 is 0. The fraction of sp³-hybridized carbons (Fsp3) is 0.424. The van der Waals surface area contributed by atoms with Gasteiger partial charge < -0.3 is 34.6 Å². The molecule has 0 saturated carbocycles. The Bertz CT molecular complexity index is 1420. The van der Waals surface area contributed by atoms with Gasteiger partial charge in [0.25, 0.3) is 0 Å². The standard InChI is InChI=1S/C33H40N6O4/c1-22(2)43-29-20-39(21-29)33(40)35-19-26-5-4-25(18-23(26)3)30-10-13-34-32(37-30)36-27-6-8-28(9-7-27)38-14-11-24(12-15-38)31-41-16-17-42-31/h4-10,13,16-18,22,24,29,31H,11-12,14-15,19-21H2,1-3H3,(H,35,40)(H,34,36,37). The number of carbonyl (C=O) groups excluding carboxylic acids is 1. The first-order valence-electron chi connectivity index (χ1n) is 15.1. The van der Waals surface area contributed by atoms with Gasteiger partial charge in [-0.1, -0.05) is 12.1 Å². The summed E-state index contributed by atoms with van der Waals surface area (Å²) in [6.45, 7) is 9.78. The summed E-state index contributed by atoms with van der Waals surface area (Å²) < 4.78 is 16.8. The number of carbonyl (C=O) groups is 1. The second kappa shape index (κ2) is 12.9. The highest BCUT2D eigenvalue weighted by molar-refractivity contribution is 5.75. The minimum atomic E-state index is -0.131. The number of likely N-dealkylation sites (tertiary alicyclic amines) is 1. The molecule has 2 amide bonds. The molecule has 3 aliphatic heterocycles. The van der Waals surface area contributed by atoms with Crippen LogP contribution in [0.4, 0.5) is 22.1 Å². The van der Waals surface area contributed by atoms with Crippen LogP contribution in [0, 0.1) is 12.8 Å². The zero-order valence-corrected chi connectivity index (χ0v) is 25.0. The van der Waals surface area contributed by atoms with Crippen LogP contribution < -0.4 is 15.5 Å². The van der Waals surface area contributed by atoms with E-state index >= 15 is 0 Å². The number of ether oxygens (including phenoxy) is 3. The quantitative estimate of drug-likeness (QED) is 0.337. The zero-order valence-electron chi connectivity index (χ0n) is 25.0. The van der Waals surface area contributed by atoms with Gasteiger partial charge in [-0.3, -0.25) is 0 Å². The topological polar surface area (TPSA) is 101 Å². The molecule has 4 heterocycles. The van der Waals surface area contributed by atoms with Crippen LogP contribution in [0.5, 0.6) is 0 Å². The van der Waals surface area contributed by atoms with Gasteiger partial charge in [0.15, 0.2) is 0 Å². The number of anilines is 3. The smallest absolute Gasteiger partial charge is 0.317 e. The minimum Gasteiger partial charge on any atom is -0.459 e. The number of aromatic nitrogens is 2. The largest absolute Gasteiger partial charge is 0.459 e. The van der Waals surface area contributed by atoms with Gasteiger partial charge in [0, 0.05) is 48.7 Å². The van der Waals surface area contributed by atoms with Gasteiger partial charge >= 0.3 is 6.03 Å². The zero-order chi connectivity index (χ0) is 29.8. The summed E-state index contributed by atoms with van der Waals surface area (Å²) in [6.07, 6.45) is 7.29. The molecule has 2 saturated heterocycles. The van der Waals surface area contributed by atoms with E-state index < -0.39 is 0 Å². The van der Waals surface area contributed by atoms with Gasteiger partial charge in [-0.2, -0.15) is 0 Å². The number of aryl methyl sites for hydroxylation is 1. The Balaban J connectivity index is 1.01. The van der Waals surface area contributed by atoms with Crippen LogP contribution in [0.2, 0.25) is 0 Å². The van der Waals surface area contributed by atoms with Crippen molar-refractivity contribution >= 4 is 23.4 Å². The van der Waals surface area contributed by atoms with Gasteiger partial charge in [-0.05, 0) is 81.1 Å². The van der Waals surface area contributed by atoms with E-state index in [-0.39, 0.29) is 24.5 Å². The van der Waals surface area contributed by atoms with Crippen LogP contribution in [0.1, 0.15) is 37.8 Å².